The van der Waals surface area contributed by atoms with E-state index in [1.54, 1.807) is 0 Å². The van der Waals surface area contributed by atoms with Crippen LogP contribution in [-0.4, -0.2) is 22.8 Å². The number of hydrogen-bond acceptors (Lipinski definition) is 4. The highest BCUT2D eigenvalue weighted by Gasteiger charge is 2.13. The van der Waals surface area contributed by atoms with Crippen LogP contribution in [-0.2, 0) is 19.3 Å². The molecule has 0 aliphatic heterocycles. The molecule has 1 aromatic carbocycles. The summed E-state index contributed by atoms with van der Waals surface area (Å²) in [4.78, 5) is 0. The zero-order valence-electron chi connectivity index (χ0n) is 11.1. The fourth-order valence-electron chi connectivity index (χ4n) is 2.30. The van der Waals surface area contributed by atoms with Crippen molar-refractivity contribution < 1.29 is 10.4 Å². The highest BCUT2D eigenvalue weighted by molar-refractivity contribution is 5.92. The lowest BCUT2D eigenvalue weighted by Gasteiger charge is -2.16. The van der Waals surface area contributed by atoms with Gasteiger partial charge >= 0.3 is 0 Å². The molecule has 0 bridgehead atoms. The zero-order chi connectivity index (χ0) is 13.5. The molecular weight excluding hydrogens is 228 g/mol. The minimum Gasteiger partial charge on any atom is -0.411 e. The van der Waals surface area contributed by atoms with Crippen molar-refractivity contribution in [2.75, 3.05) is 0 Å². The van der Waals surface area contributed by atoms with Gasteiger partial charge in [-0.25, -0.2) is 0 Å². The Morgan fingerprint density at radius 1 is 0.889 bits per heavy atom. The molecule has 4 nitrogen and oxygen atoms in total. The zero-order valence-corrected chi connectivity index (χ0v) is 11.1. The first-order chi connectivity index (χ1) is 8.73. The van der Waals surface area contributed by atoms with Crippen molar-refractivity contribution in [3.05, 3.63) is 33.9 Å². The van der Waals surface area contributed by atoms with Crippen molar-refractivity contribution in [2.45, 2.75) is 40.0 Å². The van der Waals surface area contributed by atoms with Crippen LogP contribution in [0, 0.1) is 0 Å². The molecule has 0 saturated heterocycles. The van der Waals surface area contributed by atoms with Gasteiger partial charge in [-0.2, -0.15) is 0 Å². The molecule has 0 atom stereocenters. The number of oxime groups is 2. The number of rotatable bonds is 5. The predicted octanol–water partition coefficient (Wildman–Crippen LogP) is 2.99. The number of benzene rings is 1. The molecule has 18 heavy (non-hydrogen) atoms. The average Bonchev–Trinajstić information content (AvgIpc) is 2.40. The Morgan fingerprint density at radius 3 is 1.61 bits per heavy atom. The van der Waals surface area contributed by atoms with Gasteiger partial charge in [-0.05, 0) is 36.0 Å². The Morgan fingerprint density at radius 2 is 1.33 bits per heavy atom. The van der Waals surface area contributed by atoms with E-state index in [2.05, 4.69) is 30.2 Å². The highest BCUT2D eigenvalue weighted by Crippen LogP contribution is 2.23. The van der Waals surface area contributed by atoms with Crippen LogP contribution in [0.4, 0.5) is 0 Å². The molecule has 0 aliphatic rings. The van der Waals surface area contributed by atoms with E-state index in [1.807, 2.05) is 6.92 Å². The van der Waals surface area contributed by atoms with E-state index in [1.165, 1.54) is 12.4 Å². The van der Waals surface area contributed by atoms with Gasteiger partial charge in [0.15, 0.2) is 0 Å². The summed E-state index contributed by atoms with van der Waals surface area (Å²) in [5.41, 5.74) is 5.21. The molecule has 1 rings (SSSR count). The number of nitrogens with zero attached hydrogens (tertiary/aromatic N) is 2. The maximum Gasteiger partial charge on any atom is 0.0739 e. The smallest absolute Gasteiger partial charge is 0.0739 e. The summed E-state index contributed by atoms with van der Waals surface area (Å²) in [6, 6.07) is 2.09. The van der Waals surface area contributed by atoms with Crippen LogP contribution >= 0.6 is 0 Å². The molecule has 0 fully saturated rings. The standard InChI is InChI=1S/C14H20N2O2/c1-4-10-7-11(5-2)14(9-16-18)12(6-3)13(10)8-15-17/h7-9,17-18H,4-6H2,1-3H3. The summed E-state index contributed by atoms with van der Waals surface area (Å²) < 4.78 is 0. The fourth-order valence-corrected chi connectivity index (χ4v) is 2.30. The molecule has 0 radical (unpaired) electrons. The minimum absolute atomic E-state index is 0.795. The Hall–Kier alpha value is -1.84. The van der Waals surface area contributed by atoms with Crippen LogP contribution in [0.2, 0.25) is 0 Å². The molecule has 0 spiro atoms. The fraction of sp³-hybridized carbons (Fsp3) is 0.429. The van der Waals surface area contributed by atoms with Crippen LogP contribution in [0.1, 0.15) is 48.6 Å². The first-order valence-electron chi connectivity index (χ1n) is 6.25. The summed E-state index contributed by atoms with van der Waals surface area (Å²) >= 11 is 0. The second-order valence-electron chi connectivity index (χ2n) is 4.05. The van der Waals surface area contributed by atoms with E-state index in [0.717, 1.165) is 47.1 Å². The van der Waals surface area contributed by atoms with Crippen molar-refractivity contribution in [3.8, 4) is 0 Å². The molecule has 4 heteroatoms. The normalized spacial score (nSPS) is 11.7. The van der Waals surface area contributed by atoms with Crippen molar-refractivity contribution in [3.63, 3.8) is 0 Å². The van der Waals surface area contributed by atoms with E-state index >= 15 is 0 Å². The molecule has 0 heterocycles. The largest absolute Gasteiger partial charge is 0.411 e. The lowest BCUT2D eigenvalue weighted by molar-refractivity contribution is 0.321. The summed E-state index contributed by atoms with van der Waals surface area (Å²) in [7, 11) is 0. The molecule has 2 N–H and O–H groups in total. The first kappa shape index (κ1) is 14.2. The first-order valence-corrected chi connectivity index (χ1v) is 6.25. The van der Waals surface area contributed by atoms with Gasteiger partial charge in [0, 0.05) is 11.1 Å². The topological polar surface area (TPSA) is 65.2 Å². The molecule has 0 saturated carbocycles. The van der Waals surface area contributed by atoms with Crippen molar-refractivity contribution in [2.24, 2.45) is 10.3 Å². The van der Waals surface area contributed by atoms with Gasteiger partial charge in [-0.1, -0.05) is 37.1 Å². The van der Waals surface area contributed by atoms with E-state index < -0.39 is 0 Å². The lowest BCUT2D eigenvalue weighted by Crippen LogP contribution is -2.07. The van der Waals surface area contributed by atoms with Crippen LogP contribution < -0.4 is 0 Å². The molecule has 98 valence electrons. The van der Waals surface area contributed by atoms with E-state index in [-0.39, 0.29) is 0 Å². The molecular formula is C14H20N2O2. The van der Waals surface area contributed by atoms with E-state index in [0.29, 0.717) is 0 Å². The van der Waals surface area contributed by atoms with Crippen LogP contribution in [0.5, 0.6) is 0 Å². The van der Waals surface area contributed by atoms with Gasteiger partial charge in [0.1, 0.15) is 0 Å². The second-order valence-corrected chi connectivity index (χ2v) is 4.05. The third-order valence-electron chi connectivity index (χ3n) is 3.18. The molecule has 0 aromatic heterocycles. The van der Waals surface area contributed by atoms with Crippen molar-refractivity contribution in [1.29, 1.82) is 0 Å². The SMILES string of the molecule is CCc1cc(CC)c(C=NO)c(CC)c1C=NO. The van der Waals surface area contributed by atoms with E-state index in [9.17, 15) is 0 Å². The summed E-state index contributed by atoms with van der Waals surface area (Å²) in [6.07, 6.45) is 5.47. The van der Waals surface area contributed by atoms with Crippen molar-refractivity contribution in [1.82, 2.24) is 0 Å². The molecule has 0 unspecified atom stereocenters. The predicted molar refractivity (Wildman–Crippen MR) is 73.3 cm³/mol. The van der Waals surface area contributed by atoms with Crippen molar-refractivity contribution >= 4 is 12.4 Å². The van der Waals surface area contributed by atoms with Gasteiger partial charge in [0.25, 0.3) is 0 Å². The van der Waals surface area contributed by atoms with Gasteiger partial charge < -0.3 is 10.4 Å². The third-order valence-corrected chi connectivity index (χ3v) is 3.18. The van der Waals surface area contributed by atoms with Gasteiger partial charge in [-0.15, -0.1) is 0 Å². The van der Waals surface area contributed by atoms with Gasteiger partial charge in [0.05, 0.1) is 12.4 Å². The summed E-state index contributed by atoms with van der Waals surface area (Å²) in [6.45, 7) is 6.18. The second kappa shape index (κ2) is 6.79. The Balaban J connectivity index is 3.63. The minimum atomic E-state index is 0.795. The molecule has 0 aliphatic carbocycles. The maximum absolute atomic E-state index is 8.79. The maximum atomic E-state index is 8.79. The van der Waals surface area contributed by atoms with Crippen LogP contribution in [0.3, 0.4) is 0 Å². The average molecular weight is 248 g/mol. The summed E-state index contributed by atoms with van der Waals surface area (Å²) in [5.74, 6) is 0. The Bertz CT molecular complexity index is 427. The number of hydrogen-bond donors (Lipinski definition) is 2. The third kappa shape index (κ3) is 2.70. The highest BCUT2D eigenvalue weighted by atomic mass is 16.4. The van der Waals surface area contributed by atoms with E-state index in [4.69, 9.17) is 10.4 Å². The monoisotopic (exact) mass is 248 g/mol. The quantitative estimate of drug-likeness (QED) is 0.478. The van der Waals surface area contributed by atoms with Crippen LogP contribution in [0.15, 0.2) is 16.4 Å². The molecule has 1 aromatic rings. The molecule has 0 amide bonds. The Kier molecular flexibility index (Phi) is 5.36. The van der Waals surface area contributed by atoms with Gasteiger partial charge in [0.2, 0.25) is 0 Å². The van der Waals surface area contributed by atoms with Gasteiger partial charge in [-0.3, -0.25) is 0 Å². The Labute approximate surface area is 108 Å². The summed E-state index contributed by atoms with van der Waals surface area (Å²) in [5, 5.41) is 23.9. The lowest BCUT2D eigenvalue weighted by atomic mass is 9.89. The van der Waals surface area contributed by atoms with Crippen LogP contribution in [0.25, 0.3) is 0 Å². The number of aryl methyl sites for hydroxylation is 2.